The van der Waals surface area contributed by atoms with E-state index in [1.807, 2.05) is 0 Å². The van der Waals surface area contributed by atoms with Gasteiger partial charge in [0.2, 0.25) is 0 Å². The molecule has 0 aromatic heterocycles. The molecular weight excluding hydrogens is 185 g/mol. The minimum Gasteiger partial charge on any atom is -0.490 e. The van der Waals surface area contributed by atoms with Crippen molar-refractivity contribution in [1.29, 1.82) is 0 Å². The van der Waals surface area contributed by atoms with E-state index in [-0.39, 0.29) is 12.4 Å². The fraction of sp³-hybridized carbons (Fsp3) is 0.400. The summed E-state index contributed by atoms with van der Waals surface area (Å²) in [6.45, 7) is 1.92. The first-order chi connectivity index (χ1) is 6.59. The molecule has 0 spiro atoms. The lowest BCUT2D eigenvalue weighted by Gasteiger charge is -2.28. The van der Waals surface area contributed by atoms with Crippen molar-refractivity contribution in [3.8, 4) is 5.75 Å². The molecule has 3 N–H and O–H groups in total. The maximum absolute atomic E-state index is 13.1. The fourth-order valence-corrected chi connectivity index (χ4v) is 1.68. The molecule has 1 heterocycles. The number of fused-ring (bicyclic) bond motifs is 1. The van der Waals surface area contributed by atoms with Gasteiger partial charge in [-0.25, -0.2) is 4.39 Å². The van der Waals surface area contributed by atoms with Crippen LogP contribution in [0.2, 0.25) is 0 Å². The standard InChI is InChI=1S/C10H12FNO2/c1-5-2-6(11)3-7-9(12)8(13)4-14-10(5)7/h2-3,8-9,13H,4,12H2,1H3/t8-,9+/m0/s1. The van der Waals surface area contributed by atoms with Gasteiger partial charge in [-0.15, -0.1) is 0 Å². The summed E-state index contributed by atoms with van der Waals surface area (Å²) in [5.41, 5.74) is 6.98. The third-order valence-electron chi connectivity index (χ3n) is 2.44. The lowest BCUT2D eigenvalue weighted by Crippen LogP contribution is -2.36. The SMILES string of the molecule is Cc1cc(F)cc2c1OC[C@H](O)[C@@H]2N. The Bertz CT molecular complexity index is 367. The van der Waals surface area contributed by atoms with Crippen molar-refractivity contribution in [2.75, 3.05) is 6.61 Å². The van der Waals surface area contributed by atoms with Gasteiger partial charge in [-0.2, -0.15) is 0 Å². The molecule has 1 aliphatic rings. The summed E-state index contributed by atoms with van der Waals surface area (Å²) in [5.74, 6) is 0.249. The van der Waals surface area contributed by atoms with Gasteiger partial charge < -0.3 is 15.6 Å². The van der Waals surface area contributed by atoms with Gasteiger partial charge >= 0.3 is 0 Å². The molecule has 1 aliphatic heterocycles. The van der Waals surface area contributed by atoms with Crippen LogP contribution in [0.5, 0.6) is 5.75 Å². The smallest absolute Gasteiger partial charge is 0.127 e. The molecule has 0 saturated heterocycles. The van der Waals surface area contributed by atoms with E-state index in [0.717, 1.165) is 0 Å². The van der Waals surface area contributed by atoms with Crippen LogP contribution in [-0.2, 0) is 0 Å². The molecule has 0 unspecified atom stereocenters. The lowest BCUT2D eigenvalue weighted by atomic mass is 9.97. The first-order valence-electron chi connectivity index (χ1n) is 4.46. The van der Waals surface area contributed by atoms with Crippen LogP contribution in [0.3, 0.4) is 0 Å². The highest BCUT2D eigenvalue weighted by Crippen LogP contribution is 2.34. The van der Waals surface area contributed by atoms with Crippen molar-refractivity contribution in [2.45, 2.75) is 19.1 Å². The number of benzene rings is 1. The summed E-state index contributed by atoms with van der Waals surface area (Å²) in [6, 6.07) is 2.15. The maximum Gasteiger partial charge on any atom is 0.127 e. The molecule has 1 aromatic rings. The minimum atomic E-state index is -0.760. The zero-order valence-electron chi connectivity index (χ0n) is 7.83. The molecule has 2 atom stereocenters. The van der Waals surface area contributed by atoms with E-state index in [4.69, 9.17) is 10.5 Å². The van der Waals surface area contributed by atoms with Gasteiger partial charge in [0.05, 0.1) is 6.04 Å². The van der Waals surface area contributed by atoms with E-state index >= 15 is 0 Å². The molecule has 0 bridgehead atoms. The van der Waals surface area contributed by atoms with Gasteiger partial charge in [0.25, 0.3) is 0 Å². The number of nitrogens with two attached hydrogens (primary N) is 1. The summed E-state index contributed by atoms with van der Waals surface area (Å²) < 4.78 is 18.4. The normalized spacial score (nSPS) is 25.4. The fourth-order valence-electron chi connectivity index (χ4n) is 1.68. The van der Waals surface area contributed by atoms with E-state index in [1.165, 1.54) is 12.1 Å². The summed E-state index contributed by atoms with van der Waals surface area (Å²) in [7, 11) is 0. The molecule has 14 heavy (non-hydrogen) atoms. The quantitative estimate of drug-likeness (QED) is 0.649. The van der Waals surface area contributed by atoms with Crippen LogP contribution in [0.1, 0.15) is 17.2 Å². The van der Waals surface area contributed by atoms with Gasteiger partial charge in [-0.05, 0) is 24.6 Å². The monoisotopic (exact) mass is 197 g/mol. The molecule has 0 amide bonds. The Morgan fingerprint density at radius 3 is 3.00 bits per heavy atom. The zero-order valence-corrected chi connectivity index (χ0v) is 7.83. The zero-order chi connectivity index (χ0) is 10.3. The van der Waals surface area contributed by atoms with E-state index in [1.54, 1.807) is 6.92 Å². The summed E-state index contributed by atoms with van der Waals surface area (Å²) >= 11 is 0. The maximum atomic E-state index is 13.1. The van der Waals surface area contributed by atoms with Crippen LogP contribution in [0, 0.1) is 12.7 Å². The van der Waals surface area contributed by atoms with Crippen LogP contribution in [-0.4, -0.2) is 17.8 Å². The highest BCUT2D eigenvalue weighted by Gasteiger charge is 2.27. The number of hydrogen-bond donors (Lipinski definition) is 2. The van der Waals surface area contributed by atoms with Crippen molar-refractivity contribution in [3.63, 3.8) is 0 Å². The van der Waals surface area contributed by atoms with Crippen LogP contribution in [0.15, 0.2) is 12.1 Å². The summed E-state index contributed by atoms with van der Waals surface area (Å²) in [4.78, 5) is 0. The first kappa shape index (κ1) is 9.43. The lowest BCUT2D eigenvalue weighted by molar-refractivity contribution is 0.0672. The van der Waals surface area contributed by atoms with E-state index in [2.05, 4.69) is 0 Å². The van der Waals surface area contributed by atoms with Crippen molar-refractivity contribution in [3.05, 3.63) is 29.1 Å². The highest BCUT2D eigenvalue weighted by molar-refractivity contribution is 5.44. The third-order valence-corrected chi connectivity index (χ3v) is 2.44. The molecule has 0 aliphatic carbocycles. The number of aryl methyl sites for hydroxylation is 1. The van der Waals surface area contributed by atoms with Crippen LogP contribution in [0.25, 0.3) is 0 Å². The average Bonchev–Trinajstić information content (AvgIpc) is 2.12. The first-order valence-corrected chi connectivity index (χ1v) is 4.46. The molecule has 4 heteroatoms. The molecule has 2 rings (SSSR count). The number of rotatable bonds is 0. The third kappa shape index (κ3) is 1.36. The van der Waals surface area contributed by atoms with Crippen LogP contribution < -0.4 is 10.5 Å². The number of ether oxygens (including phenoxy) is 1. The highest BCUT2D eigenvalue weighted by atomic mass is 19.1. The van der Waals surface area contributed by atoms with Crippen LogP contribution in [0.4, 0.5) is 4.39 Å². The summed E-state index contributed by atoms with van der Waals surface area (Å²) in [6.07, 6.45) is -0.760. The van der Waals surface area contributed by atoms with Crippen molar-refractivity contribution in [1.82, 2.24) is 0 Å². The van der Waals surface area contributed by atoms with E-state index < -0.39 is 12.1 Å². The van der Waals surface area contributed by atoms with Gasteiger partial charge in [0.1, 0.15) is 24.3 Å². The topological polar surface area (TPSA) is 55.5 Å². The molecule has 0 saturated carbocycles. The predicted molar refractivity (Wildman–Crippen MR) is 49.6 cm³/mol. The minimum absolute atomic E-state index is 0.167. The second-order valence-corrected chi connectivity index (χ2v) is 3.55. The van der Waals surface area contributed by atoms with Crippen molar-refractivity contribution >= 4 is 0 Å². The number of aliphatic hydroxyl groups excluding tert-OH is 1. The Morgan fingerprint density at radius 2 is 2.29 bits per heavy atom. The van der Waals surface area contributed by atoms with Crippen molar-refractivity contribution < 1.29 is 14.2 Å². The molecule has 3 nitrogen and oxygen atoms in total. The molecule has 1 aromatic carbocycles. The Labute approximate surface area is 81.3 Å². The van der Waals surface area contributed by atoms with E-state index in [0.29, 0.717) is 16.9 Å². The number of halogens is 1. The predicted octanol–water partition coefficient (Wildman–Crippen LogP) is 0.887. The Balaban J connectivity index is 2.54. The van der Waals surface area contributed by atoms with Gasteiger partial charge in [-0.1, -0.05) is 0 Å². The van der Waals surface area contributed by atoms with Crippen molar-refractivity contribution in [2.24, 2.45) is 5.73 Å². The molecule has 76 valence electrons. The second kappa shape index (κ2) is 3.22. The number of aliphatic hydroxyl groups is 1. The van der Waals surface area contributed by atoms with E-state index in [9.17, 15) is 9.50 Å². The molecule has 0 fully saturated rings. The Morgan fingerprint density at radius 1 is 1.57 bits per heavy atom. The Kier molecular flexibility index (Phi) is 2.17. The number of hydrogen-bond acceptors (Lipinski definition) is 3. The second-order valence-electron chi connectivity index (χ2n) is 3.55. The molecular formula is C10H12FNO2. The largest absolute Gasteiger partial charge is 0.490 e. The molecule has 0 radical (unpaired) electrons. The van der Waals surface area contributed by atoms with Gasteiger partial charge in [-0.3, -0.25) is 0 Å². The average molecular weight is 197 g/mol. The summed E-state index contributed by atoms with van der Waals surface area (Å²) in [5, 5.41) is 9.43. The van der Waals surface area contributed by atoms with Gasteiger partial charge in [0, 0.05) is 5.56 Å². The Hall–Kier alpha value is -1.13. The van der Waals surface area contributed by atoms with Crippen LogP contribution >= 0.6 is 0 Å². The van der Waals surface area contributed by atoms with Gasteiger partial charge in [0.15, 0.2) is 0 Å².